The van der Waals surface area contributed by atoms with Crippen molar-refractivity contribution in [3.63, 3.8) is 0 Å². The molecule has 6 nitrogen and oxygen atoms in total. The predicted octanol–water partition coefficient (Wildman–Crippen LogP) is 3.28. The number of benzene rings is 1. The van der Waals surface area contributed by atoms with E-state index in [0.717, 1.165) is 55.6 Å². The Balaban J connectivity index is 1.61. The van der Waals surface area contributed by atoms with E-state index in [9.17, 15) is 4.79 Å². The summed E-state index contributed by atoms with van der Waals surface area (Å²) in [7, 11) is 0. The molecule has 2 N–H and O–H groups in total. The lowest BCUT2D eigenvalue weighted by atomic mass is 10.1. The van der Waals surface area contributed by atoms with E-state index in [1.807, 2.05) is 24.3 Å². The Morgan fingerprint density at radius 3 is 2.82 bits per heavy atom. The summed E-state index contributed by atoms with van der Waals surface area (Å²) in [5, 5.41) is 6.34. The summed E-state index contributed by atoms with van der Waals surface area (Å²) in [4.78, 5) is 18.9. The quantitative estimate of drug-likeness (QED) is 0.724. The molecule has 1 aliphatic heterocycles. The molecular formula is C22H26N4O2. The standard InChI is InChI=1S/C22H26N4O2/c1-2-22(27)24-19-5-3-4-17(14-19)20-12-16(15-26-8-10-28-11-9-26)13-21(25-20)23-18-6-7-18/h2-5,12-14,18H,1,6-11,15H2,(H,23,25)(H,24,27). The van der Waals surface area contributed by atoms with Crippen molar-refractivity contribution in [2.45, 2.75) is 25.4 Å². The number of carbonyl (C=O) groups excluding carboxylic acids is 1. The number of ether oxygens (including phenoxy) is 1. The topological polar surface area (TPSA) is 66.5 Å². The minimum atomic E-state index is -0.220. The van der Waals surface area contributed by atoms with Crippen LogP contribution in [0.5, 0.6) is 0 Å². The average molecular weight is 378 g/mol. The maximum absolute atomic E-state index is 11.6. The Morgan fingerprint density at radius 2 is 2.07 bits per heavy atom. The van der Waals surface area contributed by atoms with E-state index in [1.165, 1.54) is 24.5 Å². The lowest BCUT2D eigenvalue weighted by molar-refractivity contribution is -0.111. The lowest BCUT2D eigenvalue weighted by Crippen LogP contribution is -2.35. The lowest BCUT2D eigenvalue weighted by Gasteiger charge is -2.27. The van der Waals surface area contributed by atoms with E-state index in [0.29, 0.717) is 6.04 Å². The molecule has 0 spiro atoms. The molecule has 2 aliphatic rings. The Labute approximate surface area is 165 Å². The Kier molecular flexibility index (Phi) is 5.69. The van der Waals surface area contributed by atoms with Crippen LogP contribution >= 0.6 is 0 Å². The summed E-state index contributed by atoms with van der Waals surface area (Å²) in [6.07, 6.45) is 3.67. The van der Waals surface area contributed by atoms with Gasteiger partial charge in [-0.05, 0) is 48.7 Å². The zero-order valence-electron chi connectivity index (χ0n) is 16.0. The molecule has 2 heterocycles. The number of nitrogens with one attached hydrogen (secondary N) is 2. The van der Waals surface area contributed by atoms with Crippen LogP contribution in [0.15, 0.2) is 49.1 Å². The highest BCUT2D eigenvalue weighted by molar-refractivity contribution is 5.99. The second kappa shape index (κ2) is 8.54. The smallest absolute Gasteiger partial charge is 0.247 e. The van der Waals surface area contributed by atoms with Crippen LogP contribution in [-0.2, 0) is 16.1 Å². The molecule has 0 unspecified atom stereocenters. The highest BCUT2D eigenvalue weighted by Crippen LogP contribution is 2.28. The van der Waals surface area contributed by atoms with Crippen molar-refractivity contribution in [3.8, 4) is 11.3 Å². The third kappa shape index (κ3) is 4.97. The summed E-state index contributed by atoms with van der Waals surface area (Å²) in [6, 6.07) is 12.6. The first-order valence-corrected chi connectivity index (χ1v) is 9.81. The Morgan fingerprint density at radius 1 is 1.25 bits per heavy atom. The second-order valence-electron chi connectivity index (χ2n) is 7.33. The maximum Gasteiger partial charge on any atom is 0.247 e. The van der Waals surface area contributed by atoms with Crippen LogP contribution in [0.4, 0.5) is 11.5 Å². The van der Waals surface area contributed by atoms with E-state index in [2.05, 4.69) is 34.2 Å². The number of hydrogen-bond donors (Lipinski definition) is 2. The fraction of sp³-hybridized carbons (Fsp3) is 0.364. The van der Waals surface area contributed by atoms with E-state index in [4.69, 9.17) is 9.72 Å². The molecule has 1 amide bonds. The number of morpholine rings is 1. The van der Waals surface area contributed by atoms with Gasteiger partial charge in [0.2, 0.25) is 5.91 Å². The van der Waals surface area contributed by atoms with Crippen molar-refractivity contribution in [1.82, 2.24) is 9.88 Å². The number of rotatable bonds is 7. The first-order valence-electron chi connectivity index (χ1n) is 9.81. The fourth-order valence-corrected chi connectivity index (χ4v) is 3.30. The molecule has 2 fully saturated rings. The highest BCUT2D eigenvalue weighted by Gasteiger charge is 2.22. The van der Waals surface area contributed by atoms with Gasteiger partial charge >= 0.3 is 0 Å². The van der Waals surface area contributed by atoms with Gasteiger partial charge in [0.15, 0.2) is 0 Å². The molecule has 2 aromatic rings. The van der Waals surface area contributed by atoms with Gasteiger partial charge in [-0.15, -0.1) is 0 Å². The van der Waals surface area contributed by atoms with Gasteiger partial charge in [-0.3, -0.25) is 9.69 Å². The number of amides is 1. The first kappa shape index (κ1) is 18.7. The van der Waals surface area contributed by atoms with Crippen molar-refractivity contribution in [1.29, 1.82) is 0 Å². The van der Waals surface area contributed by atoms with E-state index in [1.54, 1.807) is 0 Å². The molecule has 0 atom stereocenters. The van der Waals surface area contributed by atoms with E-state index >= 15 is 0 Å². The SMILES string of the molecule is C=CC(=O)Nc1cccc(-c2cc(CN3CCOCC3)cc(NC3CC3)n2)c1. The molecule has 0 radical (unpaired) electrons. The van der Waals surface area contributed by atoms with Gasteiger partial charge in [-0.1, -0.05) is 18.7 Å². The van der Waals surface area contributed by atoms with Gasteiger partial charge in [-0.2, -0.15) is 0 Å². The van der Waals surface area contributed by atoms with Crippen LogP contribution < -0.4 is 10.6 Å². The van der Waals surface area contributed by atoms with Gasteiger partial charge in [0, 0.05) is 36.9 Å². The van der Waals surface area contributed by atoms with Crippen LogP contribution in [0.25, 0.3) is 11.3 Å². The summed E-state index contributed by atoms with van der Waals surface area (Å²) in [6.45, 7) is 7.86. The number of pyridine rings is 1. The van der Waals surface area contributed by atoms with Gasteiger partial charge in [-0.25, -0.2) is 4.98 Å². The minimum absolute atomic E-state index is 0.220. The molecular weight excluding hydrogens is 352 g/mol. The molecule has 1 saturated heterocycles. The second-order valence-corrected chi connectivity index (χ2v) is 7.33. The monoisotopic (exact) mass is 378 g/mol. The molecule has 1 saturated carbocycles. The Bertz CT molecular complexity index is 857. The van der Waals surface area contributed by atoms with Gasteiger partial charge in [0.05, 0.1) is 18.9 Å². The number of carbonyl (C=O) groups is 1. The third-order valence-corrected chi connectivity index (χ3v) is 4.94. The summed E-state index contributed by atoms with van der Waals surface area (Å²) in [5.74, 6) is 0.700. The molecule has 1 aliphatic carbocycles. The van der Waals surface area contributed by atoms with Crippen LogP contribution in [0.2, 0.25) is 0 Å². The maximum atomic E-state index is 11.6. The largest absolute Gasteiger partial charge is 0.379 e. The van der Waals surface area contributed by atoms with Gasteiger partial charge in [0.1, 0.15) is 5.82 Å². The zero-order chi connectivity index (χ0) is 19.3. The summed E-state index contributed by atoms with van der Waals surface area (Å²) in [5.41, 5.74) is 3.85. The molecule has 0 bridgehead atoms. The highest BCUT2D eigenvalue weighted by atomic mass is 16.5. The van der Waals surface area contributed by atoms with Crippen molar-refractivity contribution in [3.05, 3.63) is 54.6 Å². The van der Waals surface area contributed by atoms with Crippen LogP contribution in [0.1, 0.15) is 18.4 Å². The van der Waals surface area contributed by atoms with Crippen molar-refractivity contribution in [2.75, 3.05) is 36.9 Å². The fourth-order valence-electron chi connectivity index (χ4n) is 3.30. The van der Waals surface area contributed by atoms with Crippen LogP contribution in [-0.4, -0.2) is 48.1 Å². The van der Waals surface area contributed by atoms with Crippen LogP contribution in [0.3, 0.4) is 0 Å². The van der Waals surface area contributed by atoms with Crippen molar-refractivity contribution in [2.24, 2.45) is 0 Å². The molecule has 6 heteroatoms. The molecule has 28 heavy (non-hydrogen) atoms. The molecule has 1 aromatic carbocycles. The number of aromatic nitrogens is 1. The van der Waals surface area contributed by atoms with Crippen molar-refractivity contribution >= 4 is 17.4 Å². The predicted molar refractivity (Wildman–Crippen MR) is 111 cm³/mol. The first-order chi connectivity index (χ1) is 13.7. The van der Waals surface area contributed by atoms with E-state index < -0.39 is 0 Å². The van der Waals surface area contributed by atoms with E-state index in [-0.39, 0.29) is 5.91 Å². The van der Waals surface area contributed by atoms with Gasteiger partial charge < -0.3 is 15.4 Å². The Hall–Kier alpha value is -2.70. The molecule has 146 valence electrons. The number of anilines is 2. The average Bonchev–Trinajstić information content (AvgIpc) is 3.52. The third-order valence-electron chi connectivity index (χ3n) is 4.94. The summed E-state index contributed by atoms with van der Waals surface area (Å²) < 4.78 is 5.46. The summed E-state index contributed by atoms with van der Waals surface area (Å²) >= 11 is 0. The van der Waals surface area contributed by atoms with Crippen molar-refractivity contribution < 1.29 is 9.53 Å². The zero-order valence-corrected chi connectivity index (χ0v) is 16.0. The molecule has 1 aromatic heterocycles. The normalized spacial score (nSPS) is 17.1. The van der Waals surface area contributed by atoms with Crippen LogP contribution in [0, 0.1) is 0 Å². The molecule has 4 rings (SSSR count). The minimum Gasteiger partial charge on any atom is -0.379 e. The van der Waals surface area contributed by atoms with Gasteiger partial charge in [0.25, 0.3) is 0 Å². The number of nitrogens with zero attached hydrogens (tertiary/aromatic N) is 2. The number of hydrogen-bond acceptors (Lipinski definition) is 5.